The van der Waals surface area contributed by atoms with E-state index in [1.165, 1.54) is 12.1 Å². The van der Waals surface area contributed by atoms with E-state index in [0.29, 0.717) is 48.7 Å². The first-order valence-corrected chi connectivity index (χ1v) is 13.1. The van der Waals surface area contributed by atoms with Crippen LogP contribution in [-0.2, 0) is 4.79 Å². The quantitative estimate of drug-likeness (QED) is 0.378. The van der Waals surface area contributed by atoms with Crippen LogP contribution in [0.4, 0.5) is 22.7 Å². The van der Waals surface area contributed by atoms with E-state index in [9.17, 15) is 25.0 Å². The topological polar surface area (TPSA) is 116 Å². The average Bonchev–Trinajstić information content (AvgIpc) is 2.91. The lowest BCUT2D eigenvalue weighted by Crippen LogP contribution is -2.45. The van der Waals surface area contributed by atoms with Crippen LogP contribution in [0.15, 0.2) is 36.4 Å². The summed E-state index contributed by atoms with van der Waals surface area (Å²) in [4.78, 5) is 45.9. The SMILES string of the molecule is CC(C(=O)C(C)c1c(N2CCN(C)CC2)cccc1[N+](=O)[O-])c1c(N2CCN(C)CC2)cccc1[N+](=O)[O-]. The van der Waals surface area contributed by atoms with Gasteiger partial charge in [0.2, 0.25) is 0 Å². The van der Waals surface area contributed by atoms with Crippen LogP contribution in [0.1, 0.15) is 36.8 Å². The van der Waals surface area contributed by atoms with Gasteiger partial charge in [0.15, 0.2) is 0 Å². The lowest BCUT2D eigenvalue weighted by Gasteiger charge is -2.36. The highest BCUT2D eigenvalue weighted by molar-refractivity contribution is 5.95. The van der Waals surface area contributed by atoms with E-state index in [4.69, 9.17) is 0 Å². The van der Waals surface area contributed by atoms with Crippen molar-refractivity contribution in [1.82, 2.24) is 9.80 Å². The molecule has 2 unspecified atom stereocenters. The van der Waals surface area contributed by atoms with Crippen LogP contribution in [0.3, 0.4) is 0 Å². The monoisotopic (exact) mass is 524 g/mol. The number of piperazine rings is 2. The second-order valence-corrected chi connectivity index (χ2v) is 10.4. The molecule has 0 N–H and O–H groups in total. The molecule has 2 aromatic carbocycles. The van der Waals surface area contributed by atoms with Crippen LogP contribution in [0.25, 0.3) is 0 Å². The van der Waals surface area contributed by atoms with Crippen molar-refractivity contribution < 1.29 is 14.6 Å². The highest BCUT2D eigenvalue weighted by atomic mass is 16.6. The Balaban J connectivity index is 1.75. The molecule has 11 heteroatoms. The molecule has 0 amide bonds. The first-order chi connectivity index (χ1) is 18.1. The van der Waals surface area contributed by atoms with Crippen molar-refractivity contribution in [3.63, 3.8) is 0 Å². The Kier molecular flexibility index (Phi) is 8.27. The number of ketones is 1. The second-order valence-electron chi connectivity index (χ2n) is 10.4. The van der Waals surface area contributed by atoms with Crippen LogP contribution in [0.2, 0.25) is 0 Å². The van der Waals surface area contributed by atoms with Gasteiger partial charge in [-0.05, 0) is 26.2 Å². The van der Waals surface area contributed by atoms with Crippen molar-refractivity contribution in [3.8, 4) is 0 Å². The average molecular weight is 525 g/mol. The summed E-state index contributed by atoms with van der Waals surface area (Å²) in [7, 11) is 4.06. The molecule has 2 aliphatic rings. The van der Waals surface area contributed by atoms with Gasteiger partial charge in [0.1, 0.15) is 5.78 Å². The fourth-order valence-electron chi connectivity index (χ4n) is 5.59. The highest BCUT2D eigenvalue weighted by Crippen LogP contribution is 2.42. The lowest BCUT2D eigenvalue weighted by molar-refractivity contribution is -0.385. The van der Waals surface area contributed by atoms with E-state index in [-0.39, 0.29) is 17.2 Å². The third kappa shape index (κ3) is 5.48. The zero-order chi connectivity index (χ0) is 27.6. The van der Waals surface area contributed by atoms with Gasteiger partial charge in [0.05, 0.1) is 21.0 Å². The van der Waals surface area contributed by atoms with E-state index >= 15 is 0 Å². The number of benzene rings is 2. The Hall–Kier alpha value is -3.57. The molecule has 0 aromatic heterocycles. The Morgan fingerprint density at radius 3 is 1.34 bits per heavy atom. The van der Waals surface area contributed by atoms with Crippen molar-refractivity contribution in [2.24, 2.45) is 0 Å². The molecule has 2 fully saturated rings. The summed E-state index contributed by atoms with van der Waals surface area (Å²) < 4.78 is 0. The Bertz CT molecular complexity index is 1110. The molecule has 11 nitrogen and oxygen atoms in total. The predicted octanol–water partition coefficient (Wildman–Crippen LogP) is 3.48. The van der Waals surface area contributed by atoms with Crippen molar-refractivity contribution in [2.75, 3.05) is 76.3 Å². The van der Waals surface area contributed by atoms with Gasteiger partial charge in [0, 0.05) is 87.7 Å². The summed E-state index contributed by atoms with van der Waals surface area (Å²) in [6.45, 7) is 9.39. The van der Waals surface area contributed by atoms with E-state index in [0.717, 1.165) is 26.2 Å². The fourth-order valence-corrected chi connectivity index (χ4v) is 5.59. The third-order valence-corrected chi connectivity index (χ3v) is 7.92. The van der Waals surface area contributed by atoms with Gasteiger partial charge in [-0.3, -0.25) is 25.0 Å². The maximum Gasteiger partial charge on any atom is 0.275 e. The molecule has 2 saturated heterocycles. The number of nitro benzene ring substituents is 2. The minimum Gasteiger partial charge on any atom is -0.369 e. The zero-order valence-corrected chi connectivity index (χ0v) is 22.5. The number of nitro groups is 2. The maximum atomic E-state index is 14.1. The number of Topliss-reactive ketones (excluding diaryl/α,β-unsaturated/α-hetero) is 1. The Labute approximate surface area is 222 Å². The minimum absolute atomic E-state index is 0.101. The number of carbonyl (C=O) groups is 1. The maximum absolute atomic E-state index is 14.1. The molecule has 4 rings (SSSR count). The molecule has 0 aliphatic carbocycles. The van der Waals surface area contributed by atoms with E-state index in [1.807, 2.05) is 26.2 Å². The number of nitrogens with zero attached hydrogens (tertiary/aromatic N) is 6. The van der Waals surface area contributed by atoms with Crippen molar-refractivity contribution >= 4 is 28.5 Å². The van der Waals surface area contributed by atoms with Gasteiger partial charge >= 0.3 is 0 Å². The second kappa shape index (κ2) is 11.4. The van der Waals surface area contributed by atoms with Crippen molar-refractivity contribution in [3.05, 3.63) is 67.8 Å². The molecule has 0 saturated carbocycles. The minimum atomic E-state index is -0.832. The molecule has 2 atom stereocenters. The van der Waals surface area contributed by atoms with E-state index in [1.54, 1.807) is 26.0 Å². The molecule has 0 spiro atoms. The molecule has 2 heterocycles. The largest absolute Gasteiger partial charge is 0.369 e. The van der Waals surface area contributed by atoms with Crippen LogP contribution >= 0.6 is 0 Å². The summed E-state index contributed by atoms with van der Waals surface area (Å²) in [6, 6.07) is 9.85. The van der Waals surface area contributed by atoms with Crippen LogP contribution in [0.5, 0.6) is 0 Å². The van der Waals surface area contributed by atoms with Crippen molar-refractivity contribution in [2.45, 2.75) is 25.7 Å². The number of anilines is 2. The number of carbonyl (C=O) groups excluding carboxylic acids is 1. The lowest BCUT2D eigenvalue weighted by atomic mass is 9.82. The molecule has 2 aromatic rings. The third-order valence-electron chi connectivity index (χ3n) is 7.92. The van der Waals surface area contributed by atoms with Gasteiger partial charge in [-0.15, -0.1) is 0 Å². The van der Waals surface area contributed by atoms with Crippen molar-refractivity contribution in [1.29, 1.82) is 0 Å². The van der Waals surface area contributed by atoms with E-state index < -0.39 is 21.7 Å². The molecule has 2 aliphatic heterocycles. The van der Waals surface area contributed by atoms with Crippen LogP contribution < -0.4 is 9.80 Å². The molecule has 0 bridgehead atoms. The number of likely N-dealkylation sites (N-methyl/N-ethyl adjacent to an activating group) is 2. The van der Waals surface area contributed by atoms with E-state index in [2.05, 4.69) is 19.6 Å². The summed E-state index contributed by atoms with van der Waals surface area (Å²) >= 11 is 0. The number of hydrogen-bond acceptors (Lipinski definition) is 9. The van der Waals surface area contributed by atoms with Crippen LogP contribution in [0, 0.1) is 20.2 Å². The van der Waals surface area contributed by atoms with Gasteiger partial charge in [-0.25, -0.2) is 0 Å². The van der Waals surface area contributed by atoms with Crippen LogP contribution in [-0.4, -0.2) is 91.9 Å². The summed E-state index contributed by atoms with van der Waals surface area (Å²) in [6.07, 6.45) is 0. The first kappa shape index (κ1) is 27.5. The Morgan fingerprint density at radius 1 is 0.684 bits per heavy atom. The highest BCUT2D eigenvalue weighted by Gasteiger charge is 2.36. The fraction of sp³-hybridized carbons (Fsp3) is 0.519. The molecular weight excluding hydrogens is 488 g/mol. The first-order valence-electron chi connectivity index (χ1n) is 13.1. The molecule has 38 heavy (non-hydrogen) atoms. The predicted molar refractivity (Wildman–Crippen MR) is 147 cm³/mol. The van der Waals surface area contributed by atoms with Gasteiger partial charge < -0.3 is 19.6 Å². The summed E-state index contributed by atoms with van der Waals surface area (Å²) in [5.41, 5.74) is 1.91. The molecule has 0 radical (unpaired) electrons. The molecular formula is C27H36N6O5. The standard InChI is InChI=1S/C27H36N6O5/c1-19(25-21(7-5-9-23(25)32(35)36)30-15-11-28(3)12-16-30)27(34)20(2)26-22(8-6-10-24(26)33(37)38)31-17-13-29(4)14-18-31/h5-10,19-20H,11-18H2,1-4H3. The van der Waals surface area contributed by atoms with Gasteiger partial charge in [0.25, 0.3) is 11.4 Å². The number of hydrogen-bond donors (Lipinski definition) is 0. The van der Waals surface area contributed by atoms with Gasteiger partial charge in [-0.1, -0.05) is 26.0 Å². The summed E-state index contributed by atoms with van der Waals surface area (Å²) in [5.74, 6) is -1.94. The number of rotatable bonds is 8. The normalized spacial score (nSPS) is 18.7. The zero-order valence-electron chi connectivity index (χ0n) is 22.5. The summed E-state index contributed by atoms with van der Waals surface area (Å²) in [5, 5.41) is 24.1. The Morgan fingerprint density at radius 2 is 1.03 bits per heavy atom. The molecule has 204 valence electrons. The smallest absolute Gasteiger partial charge is 0.275 e. The van der Waals surface area contributed by atoms with Gasteiger partial charge in [-0.2, -0.15) is 0 Å².